The maximum absolute atomic E-state index is 13.3. The molecule has 10 heteroatoms. The molecule has 0 atom stereocenters. The summed E-state index contributed by atoms with van der Waals surface area (Å²) in [4.78, 5) is 21.7. The Kier molecular flexibility index (Phi) is 5.02. The monoisotopic (exact) mass is 443 g/mol. The lowest BCUT2D eigenvalue weighted by molar-refractivity contribution is 0.102. The summed E-state index contributed by atoms with van der Waals surface area (Å²) in [5.74, 6) is 0.645. The molecule has 3 aromatic heterocycles. The molecule has 3 heterocycles. The first-order valence-corrected chi connectivity index (χ1v) is 10.0. The van der Waals surface area contributed by atoms with Crippen LogP contribution in [0.15, 0.2) is 67.1 Å². The van der Waals surface area contributed by atoms with E-state index in [9.17, 15) is 9.18 Å². The van der Waals surface area contributed by atoms with Crippen molar-refractivity contribution in [3.8, 4) is 17.3 Å². The van der Waals surface area contributed by atoms with Crippen LogP contribution in [0.2, 0.25) is 0 Å². The molecule has 0 aliphatic heterocycles. The first-order chi connectivity index (χ1) is 16.0. The quantitative estimate of drug-likeness (QED) is 0.445. The molecule has 0 fully saturated rings. The lowest BCUT2D eigenvalue weighted by atomic mass is 10.2. The van der Waals surface area contributed by atoms with Crippen LogP contribution < -0.4 is 10.1 Å². The highest BCUT2D eigenvalue weighted by molar-refractivity contribution is 6.06. The number of hydrogen-bond acceptors (Lipinski definition) is 6. The molecule has 5 rings (SSSR count). The van der Waals surface area contributed by atoms with Crippen molar-refractivity contribution in [3.63, 3.8) is 0 Å². The summed E-state index contributed by atoms with van der Waals surface area (Å²) in [6.45, 7) is 1.82. The van der Waals surface area contributed by atoms with Crippen LogP contribution in [0.4, 0.5) is 10.2 Å². The van der Waals surface area contributed by atoms with E-state index in [0.29, 0.717) is 45.4 Å². The molecule has 0 unspecified atom stereocenters. The number of hydrogen-bond donors (Lipinski definition) is 1. The van der Waals surface area contributed by atoms with Crippen molar-refractivity contribution in [2.75, 3.05) is 12.4 Å². The van der Waals surface area contributed by atoms with Gasteiger partial charge in [-0.3, -0.25) is 4.79 Å². The number of aryl methyl sites for hydroxylation is 1. The van der Waals surface area contributed by atoms with Crippen molar-refractivity contribution < 1.29 is 13.9 Å². The molecule has 0 bridgehead atoms. The molecule has 0 aliphatic rings. The fourth-order valence-corrected chi connectivity index (χ4v) is 3.54. The Balaban J connectivity index is 1.56. The molecule has 0 saturated heterocycles. The van der Waals surface area contributed by atoms with Crippen LogP contribution in [0.1, 0.15) is 16.1 Å². The summed E-state index contributed by atoms with van der Waals surface area (Å²) < 4.78 is 21.8. The third-order valence-electron chi connectivity index (χ3n) is 5.04. The maximum atomic E-state index is 13.3. The largest absolute Gasteiger partial charge is 0.496 e. The smallest absolute Gasteiger partial charge is 0.260 e. The predicted molar refractivity (Wildman–Crippen MR) is 119 cm³/mol. The summed E-state index contributed by atoms with van der Waals surface area (Å²) in [5.41, 5.74) is 2.24. The Morgan fingerprint density at radius 1 is 1.06 bits per heavy atom. The van der Waals surface area contributed by atoms with Gasteiger partial charge in [0.25, 0.3) is 5.91 Å². The highest BCUT2D eigenvalue weighted by Gasteiger charge is 2.19. The predicted octanol–water partition coefficient (Wildman–Crippen LogP) is 3.71. The Hall–Kier alpha value is -4.60. The summed E-state index contributed by atoms with van der Waals surface area (Å²) >= 11 is 0. The van der Waals surface area contributed by atoms with E-state index in [2.05, 4.69) is 25.5 Å². The molecule has 0 radical (unpaired) electrons. The molecule has 1 N–H and O–H groups in total. The van der Waals surface area contributed by atoms with Crippen LogP contribution in [0.5, 0.6) is 5.75 Å². The molecular formula is C23H18FN7O2. The van der Waals surface area contributed by atoms with Crippen molar-refractivity contribution in [2.24, 2.45) is 0 Å². The van der Waals surface area contributed by atoms with Crippen molar-refractivity contribution in [1.29, 1.82) is 0 Å². The molecule has 33 heavy (non-hydrogen) atoms. The van der Waals surface area contributed by atoms with E-state index in [-0.39, 0.29) is 11.7 Å². The van der Waals surface area contributed by atoms with Crippen LogP contribution in [0.3, 0.4) is 0 Å². The number of fused-ring (bicyclic) bond motifs is 1. The third kappa shape index (κ3) is 3.67. The number of aromatic nitrogens is 6. The summed E-state index contributed by atoms with van der Waals surface area (Å²) in [6.07, 6.45) is 3.00. The molecule has 0 spiro atoms. The van der Waals surface area contributed by atoms with Crippen LogP contribution in [0.25, 0.3) is 22.5 Å². The van der Waals surface area contributed by atoms with E-state index in [1.807, 2.05) is 6.92 Å². The van der Waals surface area contributed by atoms with E-state index in [1.54, 1.807) is 53.3 Å². The van der Waals surface area contributed by atoms with E-state index in [0.717, 1.165) is 0 Å². The first kappa shape index (κ1) is 20.3. The van der Waals surface area contributed by atoms with E-state index >= 15 is 0 Å². The van der Waals surface area contributed by atoms with E-state index < -0.39 is 0 Å². The fourth-order valence-electron chi connectivity index (χ4n) is 3.54. The molecule has 2 aromatic carbocycles. The SMILES string of the molecule is COc1ccccc1C(=O)Nc1cc(C)nn1-c1ncnc2c1cnn2-c1ccc(F)cc1. The topological polar surface area (TPSA) is 99.8 Å². The van der Waals surface area contributed by atoms with Crippen molar-refractivity contribution in [2.45, 2.75) is 6.92 Å². The number of methoxy groups -OCH3 is 1. The number of amides is 1. The number of halogens is 1. The standard InChI is InChI=1S/C23H18FN7O2/c1-14-11-20(28-23(32)17-5-3-4-6-19(17)33-2)31(29-14)22-18-12-27-30(21(18)25-13-26-22)16-9-7-15(24)8-10-16/h3-13H,1-2H3,(H,28,32). The average molecular weight is 443 g/mol. The van der Waals surface area contributed by atoms with Crippen molar-refractivity contribution in [1.82, 2.24) is 29.5 Å². The van der Waals surface area contributed by atoms with Crippen LogP contribution in [0, 0.1) is 12.7 Å². The Labute approximate surface area is 187 Å². The van der Waals surface area contributed by atoms with Gasteiger partial charge in [-0.05, 0) is 43.3 Å². The van der Waals surface area contributed by atoms with Crippen LogP contribution >= 0.6 is 0 Å². The number of benzene rings is 2. The van der Waals surface area contributed by atoms with Crippen molar-refractivity contribution in [3.05, 3.63) is 84.2 Å². The van der Waals surface area contributed by atoms with Gasteiger partial charge in [-0.15, -0.1) is 0 Å². The number of anilines is 1. The Bertz CT molecular complexity index is 1470. The molecule has 0 saturated carbocycles. The van der Waals surface area contributed by atoms with E-state index in [1.165, 1.54) is 30.3 Å². The van der Waals surface area contributed by atoms with Gasteiger partial charge in [0, 0.05) is 6.07 Å². The number of para-hydroxylation sites is 1. The van der Waals surface area contributed by atoms with Crippen molar-refractivity contribution >= 4 is 22.8 Å². The van der Waals surface area contributed by atoms with Gasteiger partial charge in [0.1, 0.15) is 23.7 Å². The molecule has 1 amide bonds. The van der Waals surface area contributed by atoms with Crippen LogP contribution in [-0.4, -0.2) is 42.5 Å². The summed E-state index contributed by atoms with van der Waals surface area (Å²) in [5, 5.41) is 12.4. The minimum atomic E-state index is -0.346. The Morgan fingerprint density at radius 3 is 2.64 bits per heavy atom. The van der Waals surface area contributed by atoms with Gasteiger partial charge in [-0.2, -0.15) is 14.9 Å². The van der Waals surface area contributed by atoms with E-state index in [4.69, 9.17) is 4.74 Å². The number of rotatable bonds is 5. The normalized spacial score (nSPS) is 11.0. The zero-order chi connectivity index (χ0) is 22.9. The second-order valence-corrected chi connectivity index (χ2v) is 7.20. The number of carbonyl (C=O) groups excluding carboxylic acids is 1. The van der Waals surface area contributed by atoms with Gasteiger partial charge >= 0.3 is 0 Å². The maximum Gasteiger partial charge on any atom is 0.260 e. The van der Waals surface area contributed by atoms with Gasteiger partial charge in [0.2, 0.25) is 0 Å². The van der Waals surface area contributed by atoms with Gasteiger partial charge < -0.3 is 10.1 Å². The van der Waals surface area contributed by atoms with Gasteiger partial charge in [0.05, 0.1) is 35.6 Å². The molecule has 164 valence electrons. The van der Waals surface area contributed by atoms with Gasteiger partial charge in [-0.1, -0.05) is 12.1 Å². The van der Waals surface area contributed by atoms with Crippen LogP contribution in [-0.2, 0) is 0 Å². The summed E-state index contributed by atoms with van der Waals surface area (Å²) in [6, 6.07) is 14.6. The van der Waals surface area contributed by atoms with Gasteiger partial charge in [-0.25, -0.2) is 19.0 Å². The first-order valence-electron chi connectivity index (χ1n) is 10.0. The average Bonchev–Trinajstić information content (AvgIpc) is 3.42. The number of nitrogens with zero attached hydrogens (tertiary/aromatic N) is 6. The lowest BCUT2D eigenvalue weighted by Gasteiger charge is -2.11. The number of ether oxygens (including phenoxy) is 1. The second-order valence-electron chi connectivity index (χ2n) is 7.20. The lowest BCUT2D eigenvalue weighted by Crippen LogP contribution is -2.16. The fraction of sp³-hybridized carbons (Fsp3) is 0.0870. The molecular weight excluding hydrogens is 425 g/mol. The van der Waals surface area contributed by atoms with Gasteiger partial charge in [0.15, 0.2) is 11.5 Å². The zero-order valence-corrected chi connectivity index (χ0v) is 17.7. The molecule has 0 aliphatic carbocycles. The second kappa shape index (κ2) is 8.15. The molecule has 5 aromatic rings. The minimum Gasteiger partial charge on any atom is -0.496 e. The Morgan fingerprint density at radius 2 is 1.85 bits per heavy atom. The highest BCUT2D eigenvalue weighted by atomic mass is 19.1. The number of nitrogens with one attached hydrogen (secondary N) is 1. The number of carbonyl (C=O) groups is 1. The third-order valence-corrected chi connectivity index (χ3v) is 5.04. The summed E-state index contributed by atoms with van der Waals surface area (Å²) in [7, 11) is 1.51. The molecule has 9 nitrogen and oxygen atoms in total. The zero-order valence-electron chi connectivity index (χ0n) is 17.7. The minimum absolute atomic E-state index is 0.340. The highest BCUT2D eigenvalue weighted by Crippen LogP contribution is 2.25.